The van der Waals surface area contributed by atoms with Gasteiger partial charge in [0, 0.05) is 6.54 Å². The fraction of sp³-hybridized carbons (Fsp3) is 0.737. The lowest BCUT2D eigenvalue weighted by molar-refractivity contribution is -0.144. The molecule has 0 aromatic rings. The standard InChI is InChI=1S/C19H33N5O6/c1-9(2)14(17(27)23-15(10(3)4)19(29)30)22-16(26)12-6-5-7-24(12)18(28)11(20)8-13(21)25/h9-12,14-15H,5-8,20H2,1-4H3,(H2,21,25)(H,22,26)(H,23,27)(H,29,30). The summed E-state index contributed by atoms with van der Waals surface area (Å²) in [7, 11) is 0. The van der Waals surface area contributed by atoms with E-state index in [4.69, 9.17) is 11.5 Å². The highest BCUT2D eigenvalue weighted by Gasteiger charge is 2.38. The fourth-order valence-electron chi connectivity index (χ4n) is 3.36. The monoisotopic (exact) mass is 427 g/mol. The number of amides is 4. The van der Waals surface area contributed by atoms with E-state index < -0.39 is 53.8 Å². The number of hydrogen-bond donors (Lipinski definition) is 5. The van der Waals surface area contributed by atoms with Gasteiger partial charge in [-0.25, -0.2) is 4.79 Å². The molecule has 1 heterocycles. The Kier molecular flexibility index (Phi) is 9.22. The number of carbonyl (C=O) groups excluding carboxylic acids is 4. The van der Waals surface area contributed by atoms with E-state index in [1.165, 1.54) is 4.90 Å². The van der Waals surface area contributed by atoms with Gasteiger partial charge < -0.3 is 32.1 Å². The second-order valence-corrected chi connectivity index (χ2v) is 8.27. The third-order valence-electron chi connectivity index (χ3n) is 5.05. The van der Waals surface area contributed by atoms with Crippen LogP contribution in [0.3, 0.4) is 0 Å². The van der Waals surface area contributed by atoms with E-state index in [-0.39, 0.29) is 18.3 Å². The van der Waals surface area contributed by atoms with Gasteiger partial charge in [0.1, 0.15) is 18.1 Å². The van der Waals surface area contributed by atoms with Crippen LogP contribution in [0.5, 0.6) is 0 Å². The van der Waals surface area contributed by atoms with Crippen LogP contribution in [0.4, 0.5) is 0 Å². The summed E-state index contributed by atoms with van der Waals surface area (Å²) in [5.41, 5.74) is 10.8. The number of nitrogens with one attached hydrogen (secondary N) is 2. The van der Waals surface area contributed by atoms with E-state index in [0.29, 0.717) is 19.4 Å². The van der Waals surface area contributed by atoms with E-state index in [1.54, 1.807) is 27.7 Å². The van der Waals surface area contributed by atoms with Crippen LogP contribution in [0.2, 0.25) is 0 Å². The van der Waals surface area contributed by atoms with Gasteiger partial charge >= 0.3 is 5.97 Å². The Bertz CT molecular complexity index is 680. The fourth-order valence-corrected chi connectivity index (χ4v) is 3.36. The van der Waals surface area contributed by atoms with Gasteiger partial charge in [-0.1, -0.05) is 27.7 Å². The van der Waals surface area contributed by atoms with Gasteiger partial charge in [0.2, 0.25) is 23.6 Å². The Labute approximate surface area is 175 Å². The van der Waals surface area contributed by atoms with Crippen molar-refractivity contribution < 1.29 is 29.1 Å². The molecular formula is C19H33N5O6. The van der Waals surface area contributed by atoms with Crippen LogP contribution in [-0.4, -0.2) is 70.3 Å². The number of hydrogen-bond acceptors (Lipinski definition) is 6. The van der Waals surface area contributed by atoms with Gasteiger partial charge in [-0.15, -0.1) is 0 Å². The molecule has 0 aliphatic carbocycles. The molecule has 0 spiro atoms. The summed E-state index contributed by atoms with van der Waals surface area (Å²) in [6.07, 6.45) is 0.629. The van der Waals surface area contributed by atoms with Gasteiger partial charge in [0.15, 0.2) is 0 Å². The first-order valence-corrected chi connectivity index (χ1v) is 10.0. The lowest BCUT2D eigenvalue weighted by Gasteiger charge is -2.30. The minimum Gasteiger partial charge on any atom is -0.480 e. The number of carboxylic acids is 1. The molecule has 0 saturated carbocycles. The van der Waals surface area contributed by atoms with E-state index >= 15 is 0 Å². The molecule has 1 fully saturated rings. The Morgan fingerprint density at radius 1 is 1.03 bits per heavy atom. The normalized spacial score (nSPS) is 19.3. The third-order valence-corrected chi connectivity index (χ3v) is 5.05. The van der Waals surface area contributed by atoms with Crippen LogP contribution in [0.25, 0.3) is 0 Å². The van der Waals surface area contributed by atoms with E-state index in [2.05, 4.69) is 10.6 Å². The number of likely N-dealkylation sites (tertiary alicyclic amines) is 1. The third kappa shape index (κ3) is 6.68. The summed E-state index contributed by atoms with van der Waals surface area (Å²) in [4.78, 5) is 61.7. The smallest absolute Gasteiger partial charge is 0.326 e. The topological polar surface area (TPSA) is 185 Å². The zero-order chi connectivity index (χ0) is 23.2. The van der Waals surface area contributed by atoms with Crippen molar-refractivity contribution in [2.75, 3.05) is 6.54 Å². The average Bonchev–Trinajstić information content (AvgIpc) is 3.11. The SMILES string of the molecule is CC(C)C(NC(=O)C(NC(=O)C1CCCN1C(=O)C(N)CC(N)=O)C(C)C)C(=O)O. The molecular weight excluding hydrogens is 394 g/mol. The number of carbonyl (C=O) groups is 5. The molecule has 1 saturated heterocycles. The molecule has 0 aromatic carbocycles. The van der Waals surface area contributed by atoms with Crippen molar-refractivity contribution >= 4 is 29.6 Å². The number of carboxylic acid groups (broad SMARTS) is 1. The predicted molar refractivity (Wildman–Crippen MR) is 108 cm³/mol. The summed E-state index contributed by atoms with van der Waals surface area (Å²) in [5, 5.41) is 14.4. The summed E-state index contributed by atoms with van der Waals surface area (Å²) in [6.45, 7) is 7.07. The van der Waals surface area contributed by atoms with Crippen LogP contribution in [-0.2, 0) is 24.0 Å². The van der Waals surface area contributed by atoms with Crippen molar-refractivity contribution in [1.29, 1.82) is 0 Å². The Hall–Kier alpha value is -2.69. The van der Waals surface area contributed by atoms with Crippen molar-refractivity contribution in [3.63, 3.8) is 0 Å². The lowest BCUT2D eigenvalue weighted by Crippen LogP contribution is -2.58. The van der Waals surface area contributed by atoms with Crippen molar-refractivity contribution in [2.45, 2.75) is 71.1 Å². The minimum atomic E-state index is -1.16. The maximum Gasteiger partial charge on any atom is 0.326 e. The van der Waals surface area contributed by atoms with Gasteiger partial charge in [0.05, 0.1) is 12.5 Å². The number of rotatable bonds is 10. The van der Waals surface area contributed by atoms with Crippen LogP contribution >= 0.6 is 0 Å². The second-order valence-electron chi connectivity index (χ2n) is 8.27. The van der Waals surface area contributed by atoms with Crippen LogP contribution in [0, 0.1) is 11.8 Å². The zero-order valence-corrected chi connectivity index (χ0v) is 17.9. The maximum atomic E-state index is 12.8. The number of primary amides is 1. The first-order valence-electron chi connectivity index (χ1n) is 10.0. The second kappa shape index (κ2) is 10.9. The molecule has 11 heteroatoms. The summed E-state index contributed by atoms with van der Waals surface area (Å²) < 4.78 is 0. The molecule has 1 rings (SSSR count). The molecule has 170 valence electrons. The molecule has 4 unspecified atom stereocenters. The van der Waals surface area contributed by atoms with Gasteiger partial charge in [0.25, 0.3) is 0 Å². The van der Waals surface area contributed by atoms with Crippen molar-refractivity contribution in [3.8, 4) is 0 Å². The number of nitrogens with two attached hydrogens (primary N) is 2. The summed E-state index contributed by atoms with van der Waals surface area (Å²) >= 11 is 0. The Morgan fingerprint density at radius 2 is 1.60 bits per heavy atom. The molecule has 4 amide bonds. The van der Waals surface area contributed by atoms with E-state index in [1.807, 2.05) is 0 Å². The molecule has 1 aliphatic rings. The van der Waals surface area contributed by atoms with E-state index in [0.717, 1.165) is 0 Å². The predicted octanol–water partition coefficient (Wildman–Crippen LogP) is -1.45. The van der Waals surface area contributed by atoms with E-state index in [9.17, 15) is 29.1 Å². The highest BCUT2D eigenvalue weighted by Crippen LogP contribution is 2.19. The molecule has 4 atom stereocenters. The quantitative estimate of drug-likeness (QED) is 0.282. The maximum absolute atomic E-state index is 12.8. The van der Waals surface area contributed by atoms with Crippen LogP contribution in [0.1, 0.15) is 47.0 Å². The van der Waals surface area contributed by atoms with Crippen LogP contribution < -0.4 is 22.1 Å². The molecule has 0 aromatic heterocycles. The molecule has 1 aliphatic heterocycles. The highest BCUT2D eigenvalue weighted by atomic mass is 16.4. The lowest BCUT2D eigenvalue weighted by atomic mass is 9.99. The van der Waals surface area contributed by atoms with Gasteiger partial charge in [-0.3, -0.25) is 19.2 Å². The van der Waals surface area contributed by atoms with Crippen LogP contribution in [0.15, 0.2) is 0 Å². The summed E-state index contributed by atoms with van der Waals surface area (Å²) in [6, 6.07) is -4.03. The molecule has 30 heavy (non-hydrogen) atoms. The number of aliphatic carboxylic acids is 1. The summed E-state index contributed by atoms with van der Waals surface area (Å²) in [5.74, 6) is -4.24. The highest BCUT2D eigenvalue weighted by molar-refractivity contribution is 5.95. The first-order chi connectivity index (χ1) is 13.9. The molecule has 0 bridgehead atoms. The molecule has 7 N–H and O–H groups in total. The average molecular weight is 428 g/mol. The van der Waals surface area contributed by atoms with Gasteiger partial charge in [-0.05, 0) is 24.7 Å². The van der Waals surface area contributed by atoms with Crippen molar-refractivity contribution in [2.24, 2.45) is 23.3 Å². The van der Waals surface area contributed by atoms with Gasteiger partial charge in [-0.2, -0.15) is 0 Å². The minimum absolute atomic E-state index is 0.302. The Morgan fingerprint density at radius 3 is 2.07 bits per heavy atom. The molecule has 11 nitrogen and oxygen atoms in total. The Balaban J connectivity index is 2.89. The van der Waals surface area contributed by atoms with Crippen molar-refractivity contribution in [1.82, 2.24) is 15.5 Å². The molecule has 0 radical (unpaired) electrons. The van der Waals surface area contributed by atoms with Crippen molar-refractivity contribution in [3.05, 3.63) is 0 Å². The first kappa shape index (κ1) is 25.3. The number of nitrogens with zero attached hydrogens (tertiary/aromatic N) is 1. The largest absolute Gasteiger partial charge is 0.480 e. The zero-order valence-electron chi connectivity index (χ0n) is 17.9.